The predicted octanol–water partition coefficient (Wildman–Crippen LogP) is 3.33. The van der Waals surface area contributed by atoms with Crippen LogP contribution in [0.2, 0.25) is 0 Å². The Morgan fingerprint density at radius 2 is 2.20 bits per heavy atom. The summed E-state index contributed by atoms with van der Waals surface area (Å²) >= 11 is 3.60. The summed E-state index contributed by atoms with van der Waals surface area (Å²) in [7, 11) is 3.78. The third-order valence-electron chi connectivity index (χ3n) is 3.99. The van der Waals surface area contributed by atoms with Crippen molar-refractivity contribution in [2.24, 2.45) is 0 Å². The normalized spacial score (nSPS) is 15.8. The summed E-state index contributed by atoms with van der Waals surface area (Å²) in [6, 6.07) is 4.71. The maximum atomic E-state index is 5.81. The van der Waals surface area contributed by atoms with E-state index in [0.29, 0.717) is 6.04 Å². The summed E-state index contributed by atoms with van der Waals surface area (Å²) in [6.07, 6.45) is 2.92. The highest BCUT2D eigenvalue weighted by Gasteiger charge is 2.25. The number of methoxy groups -OCH3 is 1. The van der Waals surface area contributed by atoms with Gasteiger partial charge in [-0.05, 0) is 57.0 Å². The largest absolute Gasteiger partial charge is 0.493 e. The summed E-state index contributed by atoms with van der Waals surface area (Å²) < 4.78 is 12.5. The summed E-state index contributed by atoms with van der Waals surface area (Å²) in [5.41, 5.74) is 2.47. The van der Waals surface area contributed by atoms with E-state index in [1.165, 1.54) is 11.1 Å². The summed E-state index contributed by atoms with van der Waals surface area (Å²) in [4.78, 5) is 0. The fourth-order valence-corrected chi connectivity index (χ4v) is 3.27. The summed E-state index contributed by atoms with van der Waals surface area (Å²) in [6.45, 7) is 5.05. The maximum Gasteiger partial charge on any atom is 0.125 e. The first-order valence-electron chi connectivity index (χ1n) is 7.11. The van der Waals surface area contributed by atoms with E-state index in [4.69, 9.17) is 9.47 Å². The number of benzene rings is 1. The number of halogens is 1. The third-order valence-corrected chi connectivity index (χ3v) is 4.45. The molecule has 112 valence electrons. The van der Waals surface area contributed by atoms with E-state index in [9.17, 15) is 0 Å². The van der Waals surface area contributed by atoms with Crippen LogP contribution in [0, 0.1) is 0 Å². The molecular weight excluding hydrogens is 318 g/mol. The predicted molar refractivity (Wildman–Crippen MR) is 85.6 cm³/mol. The topological polar surface area (TPSA) is 30.5 Å². The lowest BCUT2D eigenvalue weighted by molar-refractivity contribution is 0.00768. The number of fused-ring (bicyclic) bond motifs is 1. The van der Waals surface area contributed by atoms with E-state index in [1.807, 2.05) is 7.05 Å². The number of hydrogen-bond acceptors (Lipinski definition) is 3. The van der Waals surface area contributed by atoms with Crippen LogP contribution in [0.4, 0.5) is 0 Å². The van der Waals surface area contributed by atoms with Crippen molar-refractivity contribution >= 4 is 15.9 Å². The molecule has 0 radical (unpaired) electrons. The van der Waals surface area contributed by atoms with E-state index in [2.05, 4.69) is 47.2 Å². The highest BCUT2D eigenvalue weighted by atomic mass is 79.9. The zero-order chi connectivity index (χ0) is 14.8. The molecule has 0 amide bonds. The number of hydrogen-bond donors (Lipinski definition) is 1. The first kappa shape index (κ1) is 15.8. The standard InChI is InChI=1S/C16H24BrNO2/c1-16(2,19-4)10-14(18-3)9-12-8-13(17)7-11-5-6-20-15(11)12/h7-8,14,18H,5-6,9-10H2,1-4H3. The molecule has 0 saturated carbocycles. The molecule has 0 saturated heterocycles. The lowest BCUT2D eigenvalue weighted by Crippen LogP contribution is -2.37. The molecule has 1 heterocycles. The van der Waals surface area contributed by atoms with E-state index < -0.39 is 0 Å². The van der Waals surface area contributed by atoms with Crippen LogP contribution in [0.25, 0.3) is 0 Å². The van der Waals surface area contributed by atoms with Crippen molar-refractivity contribution in [3.63, 3.8) is 0 Å². The smallest absolute Gasteiger partial charge is 0.125 e. The molecule has 4 heteroatoms. The highest BCUT2D eigenvalue weighted by molar-refractivity contribution is 9.10. The van der Waals surface area contributed by atoms with E-state index >= 15 is 0 Å². The lowest BCUT2D eigenvalue weighted by atomic mass is 9.93. The van der Waals surface area contributed by atoms with Crippen LogP contribution in [0.1, 0.15) is 31.4 Å². The molecule has 1 aliphatic heterocycles. The summed E-state index contributed by atoms with van der Waals surface area (Å²) in [5, 5.41) is 3.40. The Labute approximate surface area is 130 Å². The maximum absolute atomic E-state index is 5.81. The van der Waals surface area contributed by atoms with Crippen LogP contribution in [0.3, 0.4) is 0 Å². The summed E-state index contributed by atoms with van der Waals surface area (Å²) in [5.74, 6) is 1.09. The van der Waals surface area contributed by atoms with Crippen LogP contribution in [0.5, 0.6) is 5.75 Å². The monoisotopic (exact) mass is 341 g/mol. The van der Waals surface area contributed by atoms with Crippen LogP contribution < -0.4 is 10.1 Å². The average molecular weight is 342 g/mol. The van der Waals surface area contributed by atoms with Gasteiger partial charge in [-0.15, -0.1) is 0 Å². The Morgan fingerprint density at radius 3 is 2.85 bits per heavy atom. The van der Waals surface area contributed by atoms with Crippen molar-refractivity contribution in [3.05, 3.63) is 27.7 Å². The Hall–Kier alpha value is -0.580. The molecule has 0 aromatic heterocycles. The van der Waals surface area contributed by atoms with Gasteiger partial charge in [0.1, 0.15) is 5.75 Å². The molecule has 3 nitrogen and oxygen atoms in total. The van der Waals surface area contributed by atoms with E-state index in [1.54, 1.807) is 7.11 Å². The molecule has 2 rings (SSSR count). The molecule has 1 aromatic carbocycles. The van der Waals surface area contributed by atoms with Gasteiger partial charge in [-0.2, -0.15) is 0 Å². The fourth-order valence-electron chi connectivity index (χ4n) is 2.72. The minimum absolute atomic E-state index is 0.121. The average Bonchev–Trinajstić information content (AvgIpc) is 2.85. The zero-order valence-corrected chi connectivity index (χ0v) is 14.3. The van der Waals surface area contributed by atoms with Crippen LogP contribution in [0.15, 0.2) is 16.6 Å². The molecular formula is C16H24BrNO2. The lowest BCUT2D eigenvalue weighted by Gasteiger charge is -2.28. The van der Waals surface area contributed by atoms with Crippen LogP contribution >= 0.6 is 15.9 Å². The van der Waals surface area contributed by atoms with Crippen molar-refractivity contribution in [2.75, 3.05) is 20.8 Å². The van der Waals surface area contributed by atoms with Crippen LogP contribution in [-0.4, -0.2) is 32.4 Å². The fraction of sp³-hybridized carbons (Fsp3) is 0.625. The second-order valence-corrected chi connectivity index (χ2v) is 6.92. The minimum Gasteiger partial charge on any atom is -0.493 e. The van der Waals surface area contributed by atoms with Gasteiger partial charge >= 0.3 is 0 Å². The molecule has 1 aliphatic rings. The van der Waals surface area contributed by atoms with Gasteiger partial charge in [-0.3, -0.25) is 0 Å². The first-order valence-corrected chi connectivity index (χ1v) is 7.91. The molecule has 1 N–H and O–H groups in total. The highest BCUT2D eigenvalue weighted by Crippen LogP contribution is 2.34. The van der Waals surface area contributed by atoms with Gasteiger partial charge in [0.25, 0.3) is 0 Å². The van der Waals surface area contributed by atoms with Gasteiger partial charge in [-0.1, -0.05) is 15.9 Å². The second kappa shape index (κ2) is 6.46. The third kappa shape index (κ3) is 3.74. The van der Waals surface area contributed by atoms with Crippen molar-refractivity contribution in [1.82, 2.24) is 5.32 Å². The molecule has 1 unspecified atom stereocenters. The van der Waals surface area contributed by atoms with Crippen molar-refractivity contribution in [1.29, 1.82) is 0 Å². The Morgan fingerprint density at radius 1 is 1.45 bits per heavy atom. The van der Waals surface area contributed by atoms with Gasteiger partial charge in [0.15, 0.2) is 0 Å². The Balaban J connectivity index is 2.16. The second-order valence-electron chi connectivity index (χ2n) is 6.01. The number of ether oxygens (including phenoxy) is 2. The SMILES string of the molecule is CNC(Cc1cc(Br)cc2c1OCC2)CC(C)(C)OC. The minimum atomic E-state index is -0.121. The van der Waals surface area contributed by atoms with Crippen LogP contribution in [-0.2, 0) is 17.6 Å². The first-order chi connectivity index (χ1) is 9.45. The molecule has 0 fully saturated rings. The molecule has 1 atom stereocenters. The van der Waals surface area contributed by atoms with Gasteiger partial charge in [0.2, 0.25) is 0 Å². The van der Waals surface area contributed by atoms with E-state index in [0.717, 1.165) is 36.1 Å². The van der Waals surface area contributed by atoms with Gasteiger partial charge in [0, 0.05) is 24.0 Å². The Bertz CT molecular complexity index is 474. The number of likely N-dealkylation sites (N-methyl/N-ethyl adjacent to an activating group) is 1. The Kier molecular flexibility index (Phi) is 5.10. The molecule has 20 heavy (non-hydrogen) atoms. The molecule has 0 bridgehead atoms. The molecule has 0 aliphatic carbocycles. The van der Waals surface area contributed by atoms with Crippen molar-refractivity contribution < 1.29 is 9.47 Å². The molecule has 0 spiro atoms. The zero-order valence-electron chi connectivity index (χ0n) is 12.8. The van der Waals surface area contributed by atoms with Gasteiger partial charge in [0.05, 0.1) is 12.2 Å². The van der Waals surface area contributed by atoms with Crippen molar-refractivity contribution in [2.45, 2.75) is 44.8 Å². The van der Waals surface area contributed by atoms with Crippen molar-refractivity contribution in [3.8, 4) is 5.75 Å². The van der Waals surface area contributed by atoms with Gasteiger partial charge < -0.3 is 14.8 Å². The molecule has 1 aromatic rings. The van der Waals surface area contributed by atoms with Gasteiger partial charge in [-0.25, -0.2) is 0 Å². The number of rotatable bonds is 6. The quantitative estimate of drug-likeness (QED) is 0.860. The number of nitrogens with one attached hydrogen (secondary N) is 1. The van der Waals surface area contributed by atoms with E-state index in [-0.39, 0.29) is 5.60 Å².